The molecule has 0 aromatic heterocycles. The normalized spacial score (nSPS) is 24.7. The summed E-state index contributed by atoms with van der Waals surface area (Å²) in [5.41, 5.74) is 0. The van der Waals surface area contributed by atoms with Gasteiger partial charge in [0.15, 0.2) is 0 Å². The van der Waals surface area contributed by atoms with Crippen LogP contribution in [0.2, 0.25) is 0 Å². The molecule has 1 amide bonds. The Hall–Kier alpha value is -0.610. The van der Waals surface area contributed by atoms with Crippen LogP contribution in [0, 0.1) is 0 Å². The molecule has 4 heteroatoms. The maximum atomic E-state index is 10.9. The number of hydrogen-bond acceptors (Lipinski definition) is 3. The van der Waals surface area contributed by atoms with Crippen LogP contribution in [-0.2, 0) is 4.79 Å². The summed E-state index contributed by atoms with van der Waals surface area (Å²) < 4.78 is 0. The van der Waals surface area contributed by atoms with E-state index in [9.17, 15) is 4.79 Å². The second kappa shape index (κ2) is 3.53. The van der Waals surface area contributed by atoms with Gasteiger partial charge in [0.1, 0.15) is 6.73 Å². The number of aliphatic hydroxyl groups excluding tert-OH is 1. The summed E-state index contributed by atoms with van der Waals surface area (Å²) in [6, 6.07) is -0.0767. The molecule has 0 aliphatic carbocycles. The summed E-state index contributed by atoms with van der Waals surface area (Å²) in [4.78, 5) is 10.9. The van der Waals surface area contributed by atoms with Crippen LogP contribution < -0.4 is 10.6 Å². The predicted octanol–water partition coefficient (Wildman–Crippen LogP) is -1.20. The molecule has 0 saturated carbocycles. The first-order chi connectivity index (χ1) is 4.84. The summed E-state index contributed by atoms with van der Waals surface area (Å²) in [6.07, 6.45) is 1.93. The van der Waals surface area contributed by atoms with Crippen LogP contribution in [-0.4, -0.2) is 30.3 Å². The molecule has 4 nitrogen and oxygen atoms in total. The highest BCUT2D eigenvalue weighted by Gasteiger charge is 2.20. The van der Waals surface area contributed by atoms with Crippen LogP contribution in [0.1, 0.15) is 12.8 Å². The highest BCUT2D eigenvalue weighted by atomic mass is 16.3. The third-order valence-corrected chi connectivity index (χ3v) is 1.63. The highest BCUT2D eigenvalue weighted by Crippen LogP contribution is 2.03. The van der Waals surface area contributed by atoms with Crippen LogP contribution >= 0.6 is 0 Å². The van der Waals surface area contributed by atoms with E-state index in [-0.39, 0.29) is 18.7 Å². The predicted molar refractivity (Wildman–Crippen MR) is 36.3 cm³/mol. The fourth-order valence-corrected chi connectivity index (χ4v) is 1.11. The molecule has 1 rings (SSSR count). The fourth-order valence-electron chi connectivity index (χ4n) is 1.11. The van der Waals surface area contributed by atoms with Crippen molar-refractivity contribution >= 4 is 5.91 Å². The molecule has 1 saturated heterocycles. The van der Waals surface area contributed by atoms with Crippen LogP contribution in [0.15, 0.2) is 0 Å². The lowest BCUT2D eigenvalue weighted by atomic mass is 10.2. The van der Waals surface area contributed by atoms with Crippen molar-refractivity contribution in [2.45, 2.75) is 18.9 Å². The van der Waals surface area contributed by atoms with E-state index in [4.69, 9.17) is 5.11 Å². The number of nitrogens with one attached hydrogen (secondary N) is 2. The van der Waals surface area contributed by atoms with E-state index >= 15 is 0 Å². The Labute approximate surface area is 59.6 Å². The molecule has 0 aromatic carbocycles. The zero-order valence-corrected chi connectivity index (χ0v) is 5.76. The van der Waals surface area contributed by atoms with Gasteiger partial charge in [0.05, 0.1) is 6.04 Å². The van der Waals surface area contributed by atoms with Crippen molar-refractivity contribution in [2.75, 3.05) is 13.3 Å². The molecule has 0 radical (unpaired) electrons. The van der Waals surface area contributed by atoms with E-state index in [2.05, 4.69) is 10.6 Å². The van der Waals surface area contributed by atoms with Crippen LogP contribution in [0.5, 0.6) is 0 Å². The Bertz CT molecular complexity index is 121. The van der Waals surface area contributed by atoms with E-state index in [0.717, 1.165) is 19.4 Å². The van der Waals surface area contributed by atoms with Crippen molar-refractivity contribution in [3.63, 3.8) is 0 Å². The first kappa shape index (κ1) is 7.50. The molecule has 1 atom stereocenters. The summed E-state index contributed by atoms with van der Waals surface area (Å²) >= 11 is 0. The molecule has 0 unspecified atom stereocenters. The van der Waals surface area contributed by atoms with E-state index in [1.165, 1.54) is 0 Å². The minimum Gasteiger partial charge on any atom is -0.376 e. The Kier molecular flexibility index (Phi) is 2.65. The Morgan fingerprint density at radius 2 is 2.60 bits per heavy atom. The second-order valence-corrected chi connectivity index (χ2v) is 2.35. The molecule has 1 aliphatic rings. The van der Waals surface area contributed by atoms with Crippen molar-refractivity contribution in [1.82, 2.24) is 10.6 Å². The standard InChI is InChI=1S/C6H12N2O2/c9-4-8-6(10)5-2-1-3-7-5/h5,7,9H,1-4H2,(H,8,10)/t5-/m0/s1. The average Bonchev–Trinajstić information content (AvgIpc) is 2.38. The third-order valence-electron chi connectivity index (χ3n) is 1.63. The minimum atomic E-state index is -0.267. The number of rotatable bonds is 2. The summed E-state index contributed by atoms with van der Waals surface area (Å²) in [7, 11) is 0. The van der Waals surface area contributed by atoms with Crippen molar-refractivity contribution in [2.24, 2.45) is 0 Å². The van der Waals surface area contributed by atoms with Crippen LogP contribution in [0.3, 0.4) is 0 Å². The first-order valence-corrected chi connectivity index (χ1v) is 3.46. The maximum Gasteiger partial charge on any atom is 0.238 e. The highest BCUT2D eigenvalue weighted by molar-refractivity contribution is 5.81. The van der Waals surface area contributed by atoms with E-state index in [1.54, 1.807) is 0 Å². The van der Waals surface area contributed by atoms with Crippen molar-refractivity contribution < 1.29 is 9.90 Å². The number of aliphatic hydroxyl groups is 1. The van der Waals surface area contributed by atoms with Gasteiger partial charge in [-0.25, -0.2) is 0 Å². The third kappa shape index (κ3) is 1.68. The zero-order chi connectivity index (χ0) is 7.40. The van der Waals surface area contributed by atoms with Gasteiger partial charge < -0.3 is 15.7 Å². The molecule has 10 heavy (non-hydrogen) atoms. The lowest BCUT2D eigenvalue weighted by Gasteiger charge is -2.07. The van der Waals surface area contributed by atoms with Gasteiger partial charge in [0, 0.05) is 0 Å². The number of amides is 1. The quantitative estimate of drug-likeness (QED) is 0.427. The zero-order valence-electron chi connectivity index (χ0n) is 5.76. The van der Waals surface area contributed by atoms with Gasteiger partial charge in [0.25, 0.3) is 0 Å². The van der Waals surface area contributed by atoms with Crippen molar-refractivity contribution in [1.29, 1.82) is 0 Å². The number of carbonyl (C=O) groups excluding carboxylic acids is 1. The topological polar surface area (TPSA) is 61.4 Å². The largest absolute Gasteiger partial charge is 0.376 e. The van der Waals surface area contributed by atoms with Gasteiger partial charge in [-0.3, -0.25) is 4.79 Å². The fraction of sp³-hybridized carbons (Fsp3) is 0.833. The van der Waals surface area contributed by atoms with Gasteiger partial charge >= 0.3 is 0 Å². The average molecular weight is 144 g/mol. The molecule has 0 aromatic rings. The van der Waals surface area contributed by atoms with Crippen LogP contribution in [0.4, 0.5) is 0 Å². The Balaban J connectivity index is 2.25. The maximum absolute atomic E-state index is 10.9. The number of hydrogen-bond donors (Lipinski definition) is 3. The molecule has 1 heterocycles. The van der Waals surface area contributed by atoms with Gasteiger partial charge in [-0.05, 0) is 19.4 Å². The van der Waals surface area contributed by atoms with E-state index < -0.39 is 0 Å². The van der Waals surface area contributed by atoms with Crippen LogP contribution in [0.25, 0.3) is 0 Å². The van der Waals surface area contributed by atoms with Gasteiger partial charge in [0.2, 0.25) is 5.91 Å². The first-order valence-electron chi connectivity index (χ1n) is 3.46. The molecule has 0 bridgehead atoms. The van der Waals surface area contributed by atoms with Crippen molar-refractivity contribution in [3.05, 3.63) is 0 Å². The minimum absolute atomic E-state index is 0.0767. The Morgan fingerprint density at radius 1 is 1.80 bits per heavy atom. The monoisotopic (exact) mass is 144 g/mol. The lowest BCUT2D eigenvalue weighted by molar-refractivity contribution is -0.123. The number of carbonyl (C=O) groups is 1. The Morgan fingerprint density at radius 3 is 3.10 bits per heavy atom. The van der Waals surface area contributed by atoms with Gasteiger partial charge in [-0.2, -0.15) is 0 Å². The van der Waals surface area contributed by atoms with Crippen molar-refractivity contribution in [3.8, 4) is 0 Å². The van der Waals surface area contributed by atoms with E-state index in [1.807, 2.05) is 0 Å². The summed E-state index contributed by atoms with van der Waals surface area (Å²) in [5.74, 6) is -0.0972. The summed E-state index contributed by atoms with van der Waals surface area (Å²) in [5, 5.41) is 13.7. The lowest BCUT2D eigenvalue weighted by Crippen LogP contribution is -2.40. The molecule has 1 fully saturated rings. The molecular weight excluding hydrogens is 132 g/mol. The molecule has 0 spiro atoms. The molecule has 58 valence electrons. The smallest absolute Gasteiger partial charge is 0.238 e. The second-order valence-electron chi connectivity index (χ2n) is 2.35. The summed E-state index contributed by atoms with van der Waals surface area (Å²) in [6.45, 7) is 0.639. The molecule has 1 aliphatic heterocycles. The SMILES string of the molecule is O=C(NCO)[C@@H]1CCCN1. The molecular formula is C6H12N2O2. The van der Waals surface area contributed by atoms with Gasteiger partial charge in [-0.1, -0.05) is 0 Å². The molecule has 3 N–H and O–H groups in total. The van der Waals surface area contributed by atoms with Gasteiger partial charge in [-0.15, -0.1) is 0 Å². The van der Waals surface area contributed by atoms with E-state index in [0.29, 0.717) is 0 Å².